The van der Waals surface area contributed by atoms with Crippen LogP contribution in [0.5, 0.6) is 0 Å². The molecule has 0 aliphatic rings. The van der Waals surface area contributed by atoms with E-state index in [9.17, 15) is 24.3 Å². The van der Waals surface area contributed by atoms with Crippen molar-refractivity contribution in [1.82, 2.24) is 20.9 Å². The van der Waals surface area contributed by atoms with Crippen molar-refractivity contribution in [3.8, 4) is 0 Å². The molecule has 2 rings (SSSR count). The van der Waals surface area contributed by atoms with Crippen molar-refractivity contribution in [2.45, 2.75) is 76.5 Å². The predicted molar refractivity (Wildman–Crippen MR) is 159 cm³/mol. The number of nitrogens with two attached hydrogens (primary N) is 2. The molecular formula is C28H44N6O5S. The van der Waals surface area contributed by atoms with E-state index in [1.165, 1.54) is 11.8 Å². The topological polar surface area (TPSA) is 192 Å². The molecule has 2 aromatic rings. The number of para-hydroxylation sites is 1. The normalized spacial score (nSPS) is 15.0. The second-order valence-corrected chi connectivity index (χ2v) is 11.1. The van der Waals surface area contributed by atoms with Gasteiger partial charge in [-0.2, -0.15) is 11.8 Å². The molecule has 1 aromatic heterocycles. The van der Waals surface area contributed by atoms with Crippen LogP contribution in [0, 0.1) is 5.92 Å². The molecule has 0 fully saturated rings. The molecule has 0 saturated carbocycles. The molecular weight excluding hydrogens is 532 g/mol. The number of aliphatic carboxylic acids is 1. The minimum Gasteiger partial charge on any atom is -0.480 e. The molecule has 12 heteroatoms. The van der Waals surface area contributed by atoms with E-state index in [2.05, 4.69) is 20.9 Å². The average Bonchev–Trinajstić information content (AvgIpc) is 3.35. The minimum atomic E-state index is -1.15. The number of unbranched alkanes of at least 4 members (excludes halogenated alkanes) is 1. The van der Waals surface area contributed by atoms with Gasteiger partial charge in [-0.15, -0.1) is 0 Å². The van der Waals surface area contributed by atoms with Crippen molar-refractivity contribution >= 4 is 46.4 Å². The number of benzene rings is 1. The standard InChI is InChI=1S/C28H44N6O5S/c1-4-17(2)24(34-25(35)20(30)10-7-8-13-29)27(37)33-23(26(36)32-22(28(38)39)12-14-40-3)15-18-16-31-21-11-6-5-9-19(18)21/h5-6,9,11,16-17,20,22-24,31H,4,7-8,10,12-15,29-30H2,1-3H3,(H,32,36)(H,33,37)(H,34,35)(H,38,39). The summed E-state index contributed by atoms with van der Waals surface area (Å²) in [5.41, 5.74) is 13.2. The number of carbonyl (C=O) groups is 4. The van der Waals surface area contributed by atoms with Gasteiger partial charge in [0.25, 0.3) is 0 Å². The summed E-state index contributed by atoms with van der Waals surface area (Å²) in [7, 11) is 0. The van der Waals surface area contributed by atoms with Crippen LogP contribution < -0.4 is 27.4 Å². The van der Waals surface area contributed by atoms with Crippen molar-refractivity contribution in [1.29, 1.82) is 0 Å². The van der Waals surface area contributed by atoms with Crippen molar-refractivity contribution in [2.75, 3.05) is 18.6 Å². The Balaban J connectivity index is 2.29. The van der Waals surface area contributed by atoms with Crippen LogP contribution in [0.4, 0.5) is 0 Å². The van der Waals surface area contributed by atoms with Crippen molar-refractivity contribution in [3.63, 3.8) is 0 Å². The van der Waals surface area contributed by atoms with Gasteiger partial charge in [0.05, 0.1) is 6.04 Å². The number of carboxylic acids is 1. The average molecular weight is 577 g/mol. The molecule has 0 bridgehead atoms. The van der Waals surface area contributed by atoms with E-state index < -0.39 is 47.9 Å². The smallest absolute Gasteiger partial charge is 0.326 e. The third-order valence-corrected chi connectivity index (χ3v) is 7.70. The number of amides is 3. The van der Waals surface area contributed by atoms with E-state index in [4.69, 9.17) is 11.5 Å². The molecule has 3 amide bonds. The zero-order valence-electron chi connectivity index (χ0n) is 23.6. The van der Waals surface area contributed by atoms with E-state index in [1.54, 1.807) is 6.20 Å². The van der Waals surface area contributed by atoms with Gasteiger partial charge in [-0.3, -0.25) is 14.4 Å². The van der Waals surface area contributed by atoms with E-state index in [0.29, 0.717) is 31.6 Å². The minimum absolute atomic E-state index is 0.121. The lowest BCUT2D eigenvalue weighted by atomic mass is 9.96. The summed E-state index contributed by atoms with van der Waals surface area (Å²) in [6.07, 6.45) is 6.46. The third kappa shape index (κ3) is 9.83. The van der Waals surface area contributed by atoms with Crippen LogP contribution in [0.1, 0.15) is 51.5 Å². The summed E-state index contributed by atoms with van der Waals surface area (Å²) in [5, 5.41) is 18.7. The lowest BCUT2D eigenvalue weighted by Gasteiger charge is -2.28. The summed E-state index contributed by atoms with van der Waals surface area (Å²) in [4.78, 5) is 54.8. The summed E-state index contributed by atoms with van der Waals surface area (Å²) in [5.74, 6) is -2.44. The number of carboxylic acid groups (broad SMARTS) is 1. The highest BCUT2D eigenvalue weighted by Crippen LogP contribution is 2.20. The fraction of sp³-hybridized carbons (Fsp3) is 0.571. The molecule has 0 spiro atoms. The number of hydrogen-bond acceptors (Lipinski definition) is 7. The maximum Gasteiger partial charge on any atom is 0.326 e. The molecule has 0 aliphatic carbocycles. The van der Waals surface area contributed by atoms with Crippen molar-refractivity contribution < 1.29 is 24.3 Å². The second-order valence-electron chi connectivity index (χ2n) is 10.1. The molecule has 0 aliphatic heterocycles. The van der Waals surface area contributed by atoms with Gasteiger partial charge in [0, 0.05) is 23.5 Å². The first-order chi connectivity index (χ1) is 19.1. The van der Waals surface area contributed by atoms with Gasteiger partial charge in [0.2, 0.25) is 17.7 Å². The summed E-state index contributed by atoms with van der Waals surface area (Å²) in [6.45, 7) is 4.24. The fourth-order valence-corrected chi connectivity index (χ4v) is 4.83. The molecule has 222 valence electrons. The Kier molecular flexibility index (Phi) is 14.0. The Hall–Kier alpha value is -3.09. The van der Waals surface area contributed by atoms with Crippen LogP contribution in [-0.2, 0) is 25.6 Å². The quantitative estimate of drug-likeness (QED) is 0.130. The highest BCUT2D eigenvalue weighted by Gasteiger charge is 2.33. The number of aromatic nitrogens is 1. The highest BCUT2D eigenvalue weighted by molar-refractivity contribution is 7.98. The number of carbonyl (C=O) groups excluding carboxylic acids is 3. The molecule has 5 atom stereocenters. The van der Waals surface area contributed by atoms with Crippen molar-refractivity contribution in [2.24, 2.45) is 17.4 Å². The molecule has 5 unspecified atom stereocenters. The van der Waals surface area contributed by atoms with Gasteiger partial charge in [-0.1, -0.05) is 44.9 Å². The number of fused-ring (bicyclic) bond motifs is 1. The van der Waals surface area contributed by atoms with Gasteiger partial charge in [0.15, 0.2) is 0 Å². The van der Waals surface area contributed by atoms with Gasteiger partial charge in [-0.25, -0.2) is 4.79 Å². The zero-order valence-corrected chi connectivity index (χ0v) is 24.4. The summed E-state index contributed by atoms with van der Waals surface area (Å²) in [6, 6.07) is 3.68. The van der Waals surface area contributed by atoms with Gasteiger partial charge < -0.3 is 37.5 Å². The largest absolute Gasteiger partial charge is 0.480 e. The van der Waals surface area contributed by atoms with Gasteiger partial charge in [-0.05, 0) is 55.4 Å². The number of thioether (sulfide) groups is 1. The Morgan fingerprint density at radius 1 is 1.00 bits per heavy atom. The van der Waals surface area contributed by atoms with Crippen molar-refractivity contribution in [3.05, 3.63) is 36.0 Å². The number of H-pyrrole nitrogens is 1. The van der Waals surface area contributed by atoms with E-state index in [0.717, 1.165) is 22.9 Å². The second kappa shape index (κ2) is 16.9. The lowest BCUT2D eigenvalue weighted by molar-refractivity contribution is -0.142. The SMILES string of the molecule is CCC(C)C(NC(=O)C(N)CCCCN)C(=O)NC(Cc1c[nH]c2ccccc12)C(=O)NC(CCSC)C(=O)O. The number of aromatic amines is 1. The fourth-order valence-electron chi connectivity index (χ4n) is 4.36. The number of nitrogens with one attached hydrogen (secondary N) is 4. The number of hydrogen-bond donors (Lipinski definition) is 7. The van der Waals surface area contributed by atoms with E-state index >= 15 is 0 Å². The van der Waals surface area contributed by atoms with Crippen LogP contribution in [0.3, 0.4) is 0 Å². The van der Waals surface area contributed by atoms with Gasteiger partial charge >= 0.3 is 5.97 Å². The first-order valence-corrected chi connectivity index (χ1v) is 15.2. The zero-order chi connectivity index (χ0) is 29.7. The number of rotatable bonds is 18. The maximum atomic E-state index is 13.6. The molecule has 0 radical (unpaired) electrons. The molecule has 1 aromatic carbocycles. The van der Waals surface area contributed by atoms with Crippen LogP contribution in [0.2, 0.25) is 0 Å². The monoisotopic (exact) mass is 576 g/mol. The van der Waals surface area contributed by atoms with Crippen LogP contribution in [0.15, 0.2) is 30.5 Å². The highest BCUT2D eigenvalue weighted by atomic mass is 32.2. The van der Waals surface area contributed by atoms with E-state index in [-0.39, 0.29) is 18.8 Å². The lowest BCUT2D eigenvalue weighted by Crippen LogP contribution is -2.59. The third-order valence-electron chi connectivity index (χ3n) is 7.06. The summed E-state index contributed by atoms with van der Waals surface area (Å²) < 4.78 is 0. The Morgan fingerprint density at radius 3 is 2.35 bits per heavy atom. The Labute approximate surface area is 240 Å². The Bertz CT molecular complexity index is 1130. The molecule has 1 heterocycles. The molecule has 11 nitrogen and oxygen atoms in total. The van der Waals surface area contributed by atoms with Gasteiger partial charge in [0.1, 0.15) is 18.1 Å². The van der Waals surface area contributed by atoms with Crippen LogP contribution in [-0.4, -0.2) is 76.5 Å². The first-order valence-electron chi connectivity index (χ1n) is 13.8. The van der Waals surface area contributed by atoms with Crippen LogP contribution in [0.25, 0.3) is 10.9 Å². The summed E-state index contributed by atoms with van der Waals surface area (Å²) >= 11 is 1.48. The maximum absolute atomic E-state index is 13.6. The predicted octanol–water partition coefficient (Wildman–Crippen LogP) is 1.50. The Morgan fingerprint density at radius 2 is 1.70 bits per heavy atom. The van der Waals surface area contributed by atoms with E-state index in [1.807, 2.05) is 44.4 Å². The van der Waals surface area contributed by atoms with Crippen LogP contribution >= 0.6 is 11.8 Å². The molecule has 9 N–H and O–H groups in total. The molecule has 0 saturated heterocycles. The first kappa shape index (κ1) is 33.1. The molecule has 40 heavy (non-hydrogen) atoms.